The molecular weight excluding hydrogens is 653 g/mol. The van der Waals surface area contributed by atoms with E-state index in [1.54, 1.807) is 16.0 Å². The van der Waals surface area contributed by atoms with Crippen molar-refractivity contribution in [2.75, 3.05) is 0 Å². The van der Waals surface area contributed by atoms with E-state index >= 15 is 0 Å². The van der Waals surface area contributed by atoms with Gasteiger partial charge in [0.2, 0.25) is 0 Å². The summed E-state index contributed by atoms with van der Waals surface area (Å²) in [5.74, 6) is 2.66. The van der Waals surface area contributed by atoms with Crippen LogP contribution in [0.1, 0.15) is 99.8 Å². The molecule has 1 aromatic carbocycles. The fourth-order valence-corrected chi connectivity index (χ4v) is 12.7. The molecule has 4 heteroatoms. The molecule has 7 aliphatic carbocycles. The highest BCUT2D eigenvalue weighted by Crippen LogP contribution is 2.55. The van der Waals surface area contributed by atoms with Crippen LogP contribution < -0.4 is 0 Å². The number of rotatable bonds is 5. The second kappa shape index (κ2) is 12.9. The van der Waals surface area contributed by atoms with E-state index in [1.807, 2.05) is 0 Å². The van der Waals surface area contributed by atoms with Gasteiger partial charge in [-0.15, -0.1) is 11.8 Å². The summed E-state index contributed by atoms with van der Waals surface area (Å²) in [7, 11) is 0. The zero-order chi connectivity index (χ0) is 34.2. The van der Waals surface area contributed by atoms with Crippen LogP contribution in [-0.4, -0.2) is 32.9 Å². The lowest BCUT2D eigenvalue weighted by molar-refractivity contribution is 0.0834. The van der Waals surface area contributed by atoms with Gasteiger partial charge in [0.25, 0.3) is 0 Å². The minimum absolute atomic E-state index is 0.130. The largest absolute Gasteiger partial charge is 0.490 e. The van der Waals surface area contributed by atoms with Crippen molar-refractivity contribution in [3.8, 4) is 0 Å². The van der Waals surface area contributed by atoms with Crippen LogP contribution >= 0.6 is 11.8 Å². The predicted molar refractivity (Wildman–Crippen MR) is 218 cm³/mol. The van der Waals surface area contributed by atoms with Gasteiger partial charge >= 0.3 is 0 Å². The van der Waals surface area contributed by atoms with E-state index in [0.29, 0.717) is 29.0 Å². The number of fused-ring (bicyclic) bond motifs is 7. The maximum atomic E-state index is 6.77. The molecule has 2 aromatic rings. The maximum absolute atomic E-state index is 6.77. The fourth-order valence-electron chi connectivity index (χ4n) is 11.1. The lowest BCUT2D eigenvalue weighted by Crippen LogP contribution is -2.50. The van der Waals surface area contributed by atoms with Crippen molar-refractivity contribution < 1.29 is 4.74 Å². The molecule has 52 heavy (non-hydrogen) atoms. The summed E-state index contributed by atoms with van der Waals surface area (Å²) in [6, 6.07) is 8.12. The number of hydrogen-bond donors (Lipinski definition) is 0. The Kier molecular flexibility index (Phi) is 7.85. The maximum Gasteiger partial charge on any atom is 0.125 e. The molecule has 2 aliphatic heterocycles. The highest BCUT2D eigenvalue weighted by atomic mass is 32.2. The Morgan fingerprint density at radius 3 is 2.73 bits per heavy atom. The molecule has 0 amide bonds. The average molecular weight is 703 g/mol. The molecule has 0 fully saturated rings. The molecule has 0 bridgehead atoms. The van der Waals surface area contributed by atoms with Gasteiger partial charge in [0.05, 0.1) is 11.6 Å². The summed E-state index contributed by atoms with van der Waals surface area (Å²) in [5.41, 5.74) is 12.0. The highest BCUT2D eigenvalue weighted by Gasteiger charge is 2.48. The summed E-state index contributed by atoms with van der Waals surface area (Å²) in [5, 5.41) is 2.00. The number of allylic oxidation sites excluding steroid dienone is 12. The highest BCUT2D eigenvalue weighted by molar-refractivity contribution is 8.04. The van der Waals surface area contributed by atoms with Gasteiger partial charge in [-0.1, -0.05) is 79.0 Å². The number of hydrogen-bond acceptors (Lipinski definition) is 3. The van der Waals surface area contributed by atoms with Gasteiger partial charge in [0.1, 0.15) is 11.9 Å². The summed E-state index contributed by atoms with van der Waals surface area (Å²) < 4.78 is 9.43. The van der Waals surface area contributed by atoms with Gasteiger partial charge in [0, 0.05) is 62.8 Å². The van der Waals surface area contributed by atoms with Gasteiger partial charge < -0.3 is 14.2 Å². The molecule has 0 N–H and O–H groups in total. The standard InChI is InChI=1S/C48H50N2OS/c1-3-13-31(14-4-1)32-25-27-40-38(29-32)39-30-34(26-28-41(39)49(40)33-15-5-2-6-16-33)50(42-20-12-23-45-47(42)37-18-7-9-22-44(37)51-45)43-21-11-19-36-35-17-8-10-24-46(35)52-48(36)43/h3,7-8,10,12-13,15,17-18,21,23-29,31,34-35,42,45-47H,1-2,4-6,9,11,14,16,19-20,22,30H2. The number of thioether (sulfide) groups is 1. The smallest absolute Gasteiger partial charge is 0.125 e. The topological polar surface area (TPSA) is 17.4 Å². The first kappa shape index (κ1) is 31.6. The van der Waals surface area contributed by atoms with E-state index in [2.05, 4.69) is 124 Å². The monoisotopic (exact) mass is 702 g/mol. The Balaban J connectivity index is 1.05. The van der Waals surface area contributed by atoms with Crippen molar-refractivity contribution in [2.24, 2.45) is 11.8 Å². The predicted octanol–water partition coefficient (Wildman–Crippen LogP) is 11.9. The van der Waals surface area contributed by atoms with Crippen molar-refractivity contribution >= 4 is 34.4 Å². The molecular formula is C48H50N2OS. The molecule has 11 rings (SSSR count). The van der Waals surface area contributed by atoms with Crippen LogP contribution in [0.2, 0.25) is 0 Å². The number of nitrogens with zero attached hydrogens (tertiary/aromatic N) is 2. The Labute approximate surface area is 313 Å². The van der Waals surface area contributed by atoms with Crippen LogP contribution in [-0.2, 0) is 11.2 Å². The first-order valence-corrected chi connectivity index (χ1v) is 21.4. The van der Waals surface area contributed by atoms with Crippen molar-refractivity contribution in [2.45, 2.75) is 113 Å². The Hall–Kier alpha value is -3.89. The first-order valence-electron chi connectivity index (χ1n) is 20.5. The second-order valence-electron chi connectivity index (χ2n) is 16.4. The zero-order valence-electron chi connectivity index (χ0n) is 30.3. The summed E-state index contributed by atoms with van der Waals surface area (Å²) in [4.78, 5) is 4.50. The number of ether oxygens (including phenoxy) is 1. The summed E-state index contributed by atoms with van der Waals surface area (Å²) in [6.07, 6.45) is 49.6. The Morgan fingerprint density at radius 1 is 0.827 bits per heavy atom. The molecule has 0 spiro atoms. The van der Waals surface area contributed by atoms with Gasteiger partial charge in [-0.05, 0) is 124 Å². The van der Waals surface area contributed by atoms with Gasteiger partial charge in [-0.25, -0.2) is 0 Å². The van der Waals surface area contributed by atoms with E-state index in [1.165, 1.54) is 96.3 Å². The third kappa shape index (κ3) is 5.06. The normalized spacial score (nSPS) is 32.7. The van der Waals surface area contributed by atoms with E-state index < -0.39 is 0 Å². The SMILES string of the molecule is C1=CC2SC3=C(CCC=C3N(C3C=Cc4c(c5cc(C6C=CCCC6)ccc5n4C4=CCCCC4)C3)C3CC=CC4OC5=C(C=CCC5)C43)C2C=C1. The first-order chi connectivity index (χ1) is 25.8. The summed E-state index contributed by atoms with van der Waals surface area (Å²) in [6.45, 7) is 0. The van der Waals surface area contributed by atoms with Crippen molar-refractivity contribution in [3.63, 3.8) is 0 Å². The molecule has 0 saturated heterocycles. The van der Waals surface area contributed by atoms with Gasteiger partial charge in [0.15, 0.2) is 0 Å². The minimum Gasteiger partial charge on any atom is -0.490 e. The second-order valence-corrected chi connectivity index (χ2v) is 17.6. The fraction of sp³-hybridized carbons (Fsp3) is 0.417. The van der Waals surface area contributed by atoms with Gasteiger partial charge in [-0.2, -0.15) is 0 Å². The molecule has 7 atom stereocenters. The number of aromatic nitrogens is 1. The third-order valence-corrected chi connectivity index (χ3v) is 15.0. The van der Waals surface area contributed by atoms with Crippen molar-refractivity contribution in [1.82, 2.24) is 9.47 Å². The van der Waals surface area contributed by atoms with E-state index in [9.17, 15) is 0 Å². The van der Waals surface area contributed by atoms with E-state index in [0.717, 1.165) is 32.1 Å². The Bertz CT molecular complexity index is 2140. The van der Waals surface area contributed by atoms with E-state index in [-0.39, 0.29) is 12.1 Å². The third-order valence-electron chi connectivity index (χ3n) is 13.5. The molecule has 3 nitrogen and oxygen atoms in total. The van der Waals surface area contributed by atoms with Crippen LogP contribution in [0.4, 0.5) is 0 Å². The Morgan fingerprint density at radius 2 is 1.81 bits per heavy atom. The summed E-state index contributed by atoms with van der Waals surface area (Å²) >= 11 is 2.13. The van der Waals surface area contributed by atoms with E-state index in [4.69, 9.17) is 4.74 Å². The molecule has 0 saturated carbocycles. The van der Waals surface area contributed by atoms with Crippen molar-refractivity contribution in [3.05, 3.63) is 142 Å². The van der Waals surface area contributed by atoms with Crippen LogP contribution in [0.5, 0.6) is 0 Å². The average Bonchev–Trinajstić information content (AvgIpc) is 3.89. The van der Waals surface area contributed by atoms with Gasteiger partial charge in [-0.3, -0.25) is 0 Å². The quantitative estimate of drug-likeness (QED) is 0.289. The molecule has 7 unspecified atom stereocenters. The van der Waals surface area contributed by atoms with Crippen LogP contribution in [0, 0.1) is 11.8 Å². The number of benzene rings is 1. The molecule has 264 valence electrons. The zero-order valence-corrected chi connectivity index (χ0v) is 31.1. The van der Waals surface area contributed by atoms with Crippen molar-refractivity contribution in [1.29, 1.82) is 0 Å². The molecule has 1 aromatic heterocycles. The van der Waals surface area contributed by atoms with Crippen LogP contribution in [0.25, 0.3) is 22.7 Å². The molecule has 9 aliphatic rings. The molecule has 0 radical (unpaired) electrons. The lowest BCUT2D eigenvalue weighted by atomic mass is 9.78. The van der Waals surface area contributed by atoms with Crippen LogP contribution in [0.3, 0.4) is 0 Å². The lowest BCUT2D eigenvalue weighted by Gasteiger charge is -2.47. The van der Waals surface area contributed by atoms with Crippen LogP contribution in [0.15, 0.2) is 125 Å². The molecule has 3 heterocycles. The minimum atomic E-state index is 0.130.